The number of hydrogen-bond donors (Lipinski definition) is 0. The maximum absolute atomic E-state index is 12.8. The van der Waals surface area contributed by atoms with Crippen LogP contribution in [0, 0.1) is 0 Å². The molecular weight excluding hydrogens is 344 g/mol. The molecule has 3 rings (SSSR count). The molecule has 0 bridgehead atoms. The second kappa shape index (κ2) is 8.80. The number of amides is 1. The van der Waals surface area contributed by atoms with Crippen molar-refractivity contribution in [2.24, 2.45) is 0 Å². The van der Waals surface area contributed by atoms with E-state index in [0.29, 0.717) is 38.8 Å². The van der Waals surface area contributed by atoms with E-state index in [1.807, 2.05) is 59.7 Å². The first-order chi connectivity index (χ1) is 13.4. The summed E-state index contributed by atoms with van der Waals surface area (Å²) >= 11 is 1.58. The van der Waals surface area contributed by atoms with E-state index in [1.165, 1.54) is 0 Å². The lowest BCUT2D eigenvalue weighted by atomic mass is 9.96. The van der Waals surface area contributed by atoms with Crippen LogP contribution in [0.15, 0.2) is 47.8 Å². The van der Waals surface area contributed by atoms with Gasteiger partial charge in [-0.2, -0.15) is 0 Å². The molecule has 5 heteroatoms. The SMILES string of the molecule is [2H]C([2H])(Cc1cccs1)N1CCC(OC)(N(C(=O)CC)c2ccccc2)CC1. The second-order valence-electron chi connectivity index (χ2n) is 6.47. The van der Waals surface area contributed by atoms with E-state index in [2.05, 4.69) is 0 Å². The maximum atomic E-state index is 12.8. The molecule has 1 aliphatic rings. The van der Waals surface area contributed by atoms with Crippen LogP contribution in [0.2, 0.25) is 0 Å². The molecule has 0 saturated carbocycles. The highest BCUT2D eigenvalue weighted by atomic mass is 32.1. The predicted molar refractivity (Wildman–Crippen MR) is 108 cm³/mol. The third-order valence-electron chi connectivity index (χ3n) is 4.96. The molecule has 1 fully saturated rings. The number of hydrogen-bond acceptors (Lipinski definition) is 4. The summed E-state index contributed by atoms with van der Waals surface area (Å²) in [5, 5.41) is 1.98. The Labute approximate surface area is 163 Å². The number of piperidine rings is 1. The Morgan fingerprint density at radius 2 is 2.00 bits per heavy atom. The topological polar surface area (TPSA) is 32.8 Å². The predicted octanol–water partition coefficient (Wildman–Crippen LogP) is 4.17. The van der Waals surface area contributed by atoms with Gasteiger partial charge in [-0.15, -0.1) is 11.3 Å². The van der Waals surface area contributed by atoms with Gasteiger partial charge >= 0.3 is 0 Å². The Kier molecular flexibility index (Phi) is 5.58. The van der Waals surface area contributed by atoms with Gasteiger partial charge in [0, 0.05) is 59.3 Å². The van der Waals surface area contributed by atoms with Crippen LogP contribution in [0.4, 0.5) is 5.69 Å². The zero-order chi connectivity index (χ0) is 20.2. The first kappa shape index (κ1) is 16.5. The summed E-state index contributed by atoms with van der Waals surface area (Å²) in [6, 6.07) is 13.6. The fraction of sp³-hybridized carbons (Fsp3) is 0.476. The summed E-state index contributed by atoms with van der Waals surface area (Å²) in [5.41, 5.74) is 0.0792. The van der Waals surface area contributed by atoms with E-state index in [-0.39, 0.29) is 5.91 Å². The largest absolute Gasteiger partial charge is 0.358 e. The Bertz CT molecular complexity index is 760. The number of nitrogens with zero attached hydrogens (tertiary/aromatic N) is 2. The van der Waals surface area contributed by atoms with Crippen LogP contribution in [-0.2, 0) is 16.0 Å². The van der Waals surface area contributed by atoms with Crippen molar-refractivity contribution in [2.75, 3.05) is 31.6 Å². The average molecular weight is 375 g/mol. The van der Waals surface area contributed by atoms with Crippen molar-refractivity contribution in [2.45, 2.75) is 38.3 Å². The van der Waals surface area contributed by atoms with Gasteiger partial charge in [0.05, 0.1) is 0 Å². The van der Waals surface area contributed by atoms with Gasteiger partial charge in [0.1, 0.15) is 5.72 Å². The van der Waals surface area contributed by atoms with Gasteiger partial charge in [-0.3, -0.25) is 9.69 Å². The first-order valence-corrected chi connectivity index (χ1v) is 10.0. The number of anilines is 1. The molecular formula is C21H28N2O2S. The molecule has 2 heterocycles. The number of methoxy groups -OCH3 is 1. The fourth-order valence-corrected chi connectivity index (χ4v) is 4.11. The highest BCUT2D eigenvalue weighted by Crippen LogP contribution is 2.34. The number of benzene rings is 1. The summed E-state index contributed by atoms with van der Waals surface area (Å²) in [4.78, 5) is 17.5. The smallest absolute Gasteiger partial charge is 0.229 e. The molecule has 0 atom stereocenters. The normalized spacial score (nSPS) is 18.8. The third kappa shape index (κ3) is 4.17. The van der Waals surface area contributed by atoms with Crippen molar-refractivity contribution in [3.05, 3.63) is 52.7 Å². The van der Waals surface area contributed by atoms with Gasteiger partial charge < -0.3 is 9.64 Å². The standard InChI is InChI=1S/C21H28N2O2S/c1-3-20(24)23(18-8-5-4-6-9-18)21(25-2)12-15-22(16-13-21)14-11-19-10-7-17-26-19/h4-10,17H,3,11-16H2,1-2H3/i14D2. The zero-order valence-electron chi connectivity index (χ0n) is 17.5. The molecule has 26 heavy (non-hydrogen) atoms. The van der Waals surface area contributed by atoms with Crippen LogP contribution >= 0.6 is 11.3 Å². The number of rotatable bonds is 7. The van der Waals surface area contributed by atoms with Gasteiger partial charge in [0.25, 0.3) is 0 Å². The van der Waals surface area contributed by atoms with Crippen molar-refractivity contribution in [1.29, 1.82) is 0 Å². The van der Waals surface area contributed by atoms with Crippen LogP contribution in [0.5, 0.6) is 0 Å². The van der Waals surface area contributed by atoms with Gasteiger partial charge in [-0.1, -0.05) is 31.2 Å². The lowest BCUT2D eigenvalue weighted by Crippen LogP contribution is -2.59. The lowest BCUT2D eigenvalue weighted by molar-refractivity contribution is -0.128. The number of para-hydroxylation sites is 1. The molecule has 1 aromatic heterocycles. The summed E-state index contributed by atoms with van der Waals surface area (Å²) in [7, 11) is 1.65. The van der Waals surface area contributed by atoms with E-state index in [0.717, 1.165) is 10.6 Å². The minimum atomic E-state index is -1.42. The van der Waals surface area contributed by atoms with Gasteiger partial charge in [-0.25, -0.2) is 0 Å². The van der Waals surface area contributed by atoms with Crippen molar-refractivity contribution in [1.82, 2.24) is 4.90 Å². The number of carbonyl (C=O) groups excluding carboxylic acids is 1. The molecule has 0 aliphatic carbocycles. The van der Waals surface area contributed by atoms with Gasteiger partial charge in [0.15, 0.2) is 0 Å². The van der Waals surface area contributed by atoms with Crippen LogP contribution in [0.1, 0.15) is 33.8 Å². The molecule has 0 spiro atoms. The Balaban J connectivity index is 1.79. The molecule has 1 aliphatic heterocycles. The van der Waals surface area contributed by atoms with Gasteiger partial charge in [0.2, 0.25) is 5.91 Å². The van der Waals surface area contributed by atoms with E-state index >= 15 is 0 Å². The lowest BCUT2D eigenvalue weighted by Gasteiger charge is -2.47. The van der Waals surface area contributed by atoms with Gasteiger partial charge in [-0.05, 0) is 30.0 Å². The Morgan fingerprint density at radius 1 is 1.27 bits per heavy atom. The summed E-state index contributed by atoms with van der Waals surface area (Å²) < 4.78 is 23.0. The molecule has 0 unspecified atom stereocenters. The van der Waals surface area contributed by atoms with Crippen LogP contribution in [0.25, 0.3) is 0 Å². The minimum Gasteiger partial charge on any atom is -0.358 e. The molecule has 140 valence electrons. The molecule has 0 N–H and O–H groups in total. The molecule has 1 amide bonds. The summed E-state index contributed by atoms with van der Waals surface area (Å²) in [5.74, 6) is 0.0168. The molecule has 1 aromatic carbocycles. The average Bonchev–Trinajstić information content (AvgIpc) is 3.21. The number of ether oxygens (including phenoxy) is 1. The van der Waals surface area contributed by atoms with Crippen molar-refractivity contribution in [3.8, 4) is 0 Å². The highest BCUT2D eigenvalue weighted by Gasteiger charge is 2.42. The molecule has 2 aromatic rings. The number of carbonyl (C=O) groups is 1. The zero-order valence-corrected chi connectivity index (χ0v) is 16.3. The first-order valence-electron chi connectivity index (χ1n) is 10.1. The van der Waals surface area contributed by atoms with Crippen molar-refractivity contribution in [3.63, 3.8) is 0 Å². The van der Waals surface area contributed by atoms with E-state index in [1.54, 1.807) is 23.3 Å². The quantitative estimate of drug-likeness (QED) is 0.682. The number of thiophene rings is 1. The molecule has 1 saturated heterocycles. The van der Waals surface area contributed by atoms with E-state index in [9.17, 15) is 4.79 Å². The summed E-state index contributed by atoms with van der Waals surface area (Å²) in [6.07, 6.45) is 1.89. The minimum absolute atomic E-state index is 0.0168. The maximum Gasteiger partial charge on any atom is 0.229 e. The molecule has 4 nitrogen and oxygen atoms in total. The van der Waals surface area contributed by atoms with Crippen LogP contribution in [0.3, 0.4) is 0 Å². The molecule has 0 radical (unpaired) electrons. The van der Waals surface area contributed by atoms with E-state index < -0.39 is 12.2 Å². The second-order valence-corrected chi connectivity index (χ2v) is 7.50. The van der Waals surface area contributed by atoms with Crippen LogP contribution in [-0.4, -0.2) is 43.2 Å². The van der Waals surface area contributed by atoms with Crippen molar-refractivity contribution < 1.29 is 12.3 Å². The summed E-state index contributed by atoms with van der Waals surface area (Å²) in [6.45, 7) is 1.51. The number of aryl methyl sites for hydroxylation is 1. The fourth-order valence-electron chi connectivity index (χ4n) is 3.48. The monoisotopic (exact) mass is 374 g/mol. The Morgan fingerprint density at radius 3 is 2.58 bits per heavy atom. The Hall–Kier alpha value is -1.69. The third-order valence-corrected chi connectivity index (χ3v) is 5.83. The van der Waals surface area contributed by atoms with E-state index in [4.69, 9.17) is 7.48 Å². The highest BCUT2D eigenvalue weighted by molar-refractivity contribution is 7.09. The van der Waals surface area contributed by atoms with Crippen molar-refractivity contribution >= 4 is 22.9 Å². The van der Waals surface area contributed by atoms with Crippen LogP contribution < -0.4 is 4.90 Å². The number of likely N-dealkylation sites (tertiary alicyclic amines) is 1.